The van der Waals surface area contributed by atoms with Crippen molar-refractivity contribution in [3.05, 3.63) is 53.6 Å². The van der Waals surface area contributed by atoms with Gasteiger partial charge in [0.1, 0.15) is 12.4 Å². The normalized spacial score (nSPS) is 11.6. The molecule has 0 aliphatic heterocycles. The van der Waals surface area contributed by atoms with E-state index in [9.17, 15) is 8.42 Å². The number of benzene rings is 2. The first-order valence-corrected chi connectivity index (χ1v) is 10.4. The van der Waals surface area contributed by atoms with Crippen LogP contribution in [0.15, 0.2) is 42.5 Å². The summed E-state index contributed by atoms with van der Waals surface area (Å²) in [6, 6.07) is 13.1. The smallest absolute Gasteiger partial charge is 0.229 e. The third kappa shape index (κ3) is 4.56. The molecular formula is C20H22N2O4S. The monoisotopic (exact) mass is 386 g/mol. The number of aliphatic hydroxyl groups excluding tert-OH is 1. The summed E-state index contributed by atoms with van der Waals surface area (Å²) in [7, 11) is -3.34. The molecule has 0 spiro atoms. The van der Waals surface area contributed by atoms with Gasteiger partial charge >= 0.3 is 0 Å². The van der Waals surface area contributed by atoms with Crippen molar-refractivity contribution < 1.29 is 18.3 Å². The van der Waals surface area contributed by atoms with E-state index >= 15 is 0 Å². The number of fused-ring (bicyclic) bond motifs is 1. The molecule has 0 aliphatic carbocycles. The Kier molecular flexibility index (Phi) is 5.34. The van der Waals surface area contributed by atoms with Crippen LogP contribution in [0.3, 0.4) is 0 Å². The molecule has 0 radical (unpaired) electrons. The summed E-state index contributed by atoms with van der Waals surface area (Å²) in [6.45, 7) is 4.13. The van der Waals surface area contributed by atoms with Crippen molar-refractivity contribution in [2.45, 2.75) is 13.8 Å². The third-order valence-corrected chi connectivity index (χ3v) is 4.73. The second kappa shape index (κ2) is 7.54. The molecule has 1 aromatic heterocycles. The van der Waals surface area contributed by atoms with E-state index in [-0.39, 0.29) is 13.2 Å². The molecule has 0 saturated carbocycles. The lowest BCUT2D eigenvalue weighted by molar-refractivity contribution is 0.201. The van der Waals surface area contributed by atoms with Gasteiger partial charge in [0, 0.05) is 16.6 Å². The van der Waals surface area contributed by atoms with Crippen LogP contribution in [0.1, 0.15) is 11.1 Å². The van der Waals surface area contributed by atoms with E-state index in [1.807, 2.05) is 44.2 Å². The molecule has 3 rings (SSSR count). The molecular weight excluding hydrogens is 364 g/mol. The summed E-state index contributed by atoms with van der Waals surface area (Å²) in [5, 5.41) is 9.74. The van der Waals surface area contributed by atoms with Gasteiger partial charge in [0.15, 0.2) is 0 Å². The number of aromatic nitrogens is 1. The van der Waals surface area contributed by atoms with Gasteiger partial charge in [-0.3, -0.25) is 4.72 Å². The quantitative estimate of drug-likeness (QED) is 0.679. The first-order chi connectivity index (χ1) is 12.8. The van der Waals surface area contributed by atoms with Crippen LogP contribution >= 0.6 is 0 Å². The van der Waals surface area contributed by atoms with Crippen molar-refractivity contribution in [2.75, 3.05) is 24.2 Å². The highest BCUT2D eigenvalue weighted by Crippen LogP contribution is 2.30. The number of nitrogens with zero attached hydrogens (tertiary/aromatic N) is 1. The first kappa shape index (κ1) is 19.1. The Hall–Kier alpha value is -2.64. The van der Waals surface area contributed by atoms with E-state index in [4.69, 9.17) is 14.8 Å². The Balaban J connectivity index is 2.01. The summed E-state index contributed by atoms with van der Waals surface area (Å²) in [4.78, 5) is 4.78. The van der Waals surface area contributed by atoms with Gasteiger partial charge in [0.05, 0.1) is 24.1 Å². The number of sulfonamides is 1. The molecule has 6 nitrogen and oxygen atoms in total. The number of hydrogen-bond acceptors (Lipinski definition) is 5. The van der Waals surface area contributed by atoms with Crippen LogP contribution in [-0.4, -0.2) is 38.0 Å². The summed E-state index contributed by atoms with van der Waals surface area (Å²) in [5.41, 5.74) is 5.06. The van der Waals surface area contributed by atoms with Gasteiger partial charge in [-0.1, -0.05) is 0 Å². The van der Waals surface area contributed by atoms with Crippen LogP contribution < -0.4 is 9.46 Å². The van der Waals surface area contributed by atoms with Crippen molar-refractivity contribution in [3.63, 3.8) is 0 Å². The predicted molar refractivity (Wildman–Crippen MR) is 108 cm³/mol. The lowest BCUT2D eigenvalue weighted by Gasteiger charge is -2.12. The largest absolute Gasteiger partial charge is 0.491 e. The second-order valence-corrected chi connectivity index (χ2v) is 8.23. The number of rotatable bonds is 6. The lowest BCUT2D eigenvalue weighted by Crippen LogP contribution is -2.09. The van der Waals surface area contributed by atoms with Gasteiger partial charge in [-0.2, -0.15) is 0 Å². The topological polar surface area (TPSA) is 88.5 Å². The fourth-order valence-corrected chi connectivity index (χ4v) is 3.52. The van der Waals surface area contributed by atoms with Crippen LogP contribution in [0, 0.1) is 13.8 Å². The van der Waals surface area contributed by atoms with E-state index in [1.165, 1.54) is 0 Å². The van der Waals surface area contributed by atoms with Gasteiger partial charge in [-0.15, -0.1) is 0 Å². The predicted octanol–water partition coefficient (Wildman–Crippen LogP) is 3.26. The number of anilines is 1. The van der Waals surface area contributed by atoms with Gasteiger partial charge < -0.3 is 9.84 Å². The SMILES string of the molecule is Cc1cc(-c2ccc(OCCO)cc2)nc2c(C)cc(NS(C)(=O)=O)cc12. The second-order valence-electron chi connectivity index (χ2n) is 6.48. The number of nitrogens with one attached hydrogen (secondary N) is 1. The highest BCUT2D eigenvalue weighted by Gasteiger charge is 2.11. The van der Waals surface area contributed by atoms with Crippen LogP contribution in [-0.2, 0) is 10.0 Å². The number of aliphatic hydroxyl groups is 1. The summed E-state index contributed by atoms with van der Waals surface area (Å²) in [6.07, 6.45) is 1.13. The van der Waals surface area contributed by atoms with Crippen molar-refractivity contribution in [1.29, 1.82) is 0 Å². The molecule has 1 heterocycles. The van der Waals surface area contributed by atoms with Crippen LogP contribution in [0.25, 0.3) is 22.2 Å². The van der Waals surface area contributed by atoms with Crippen molar-refractivity contribution in [3.8, 4) is 17.0 Å². The first-order valence-electron chi connectivity index (χ1n) is 8.51. The zero-order chi connectivity index (χ0) is 19.6. The number of aryl methyl sites for hydroxylation is 2. The highest BCUT2D eigenvalue weighted by atomic mass is 32.2. The summed E-state index contributed by atoms with van der Waals surface area (Å²) >= 11 is 0. The Bertz CT molecular complexity index is 1080. The van der Waals surface area contributed by atoms with E-state index in [0.717, 1.165) is 39.5 Å². The van der Waals surface area contributed by atoms with E-state index in [2.05, 4.69) is 4.72 Å². The number of hydrogen-bond donors (Lipinski definition) is 2. The average Bonchev–Trinajstić information content (AvgIpc) is 2.60. The number of pyridine rings is 1. The zero-order valence-electron chi connectivity index (χ0n) is 15.5. The fourth-order valence-electron chi connectivity index (χ4n) is 2.97. The van der Waals surface area contributed by atoms with Gasteiger partial charge in [-0.25, -0.2) is 13.4 Å². The molecule has 3 aromatic rings. The molecule has 0 atom stereocenters. The molecule has 27 heavy (non-hydrogen) atoms. The summed E-state index contributed by atoms with van der Waals surface area (Å²) < 4.78 is 30.9. The maximum atomic E-state index is 11.5. The van der Waals surface area contributed by atoms with Crippen molar-refractivity contribution in [1.82, 2.24) is 4.98 Å². The molecule has 0 fully saturated rings. The van der Waals surface area contributed by atoms with E-state index in [1.54, 1.807) is 12.1 Å². The van der Waals surface area contributed by atoms with Gasteiger partial charge in [0.25, 0.3) is 0 Å². The standard InChI is InChI=1S/C20H22N2O4S/c1-13-11-19(15-4-6-17(7-5-15)26-9-8-23)21-20-14(2)10-16(12-18(13)20)22-27(3,24)25/h4-7,10-12,22-23H,8-9H2,1-3H3. The maximum Gasteiger partial charge on any atom is 0.229 e. The Morgan fingerprint density at radius 2 is 1.78 bits per heavy atom. The molecule has 0 bridgehead atoms. The van der Waals surface area contributed by atoms with Crippen LogP contribution in [0.4, 0.5) is 5.69 Å². The van der Waals surface area contributed by atoms with Crippen LogP contribution in [0.2, 0.25) is 0 Å². The van der Waals surface area contributed by atoms with E-state index < -0.39 is 10.0 Å². The summed E-state index contributed by atoms with van der Waals surface area (Å²) in [5.74, 6) is 0.693. The van der Waals surface area contributed by atoms with Crippen molar-refractivity contribution >= 4 is 26.6 Å². The molecule has 0 unspecified atom stereocenters. The Morgan fingerprint density at radius 3 is 2.41 bits per heavy atom. The minimum absolute atomic E-state index is 0.0252. The third-order valence-electron chi connectivity index (χ3n) is 4.12. The maximum absolute atomic E-state index is 11.5. The lowest BCUT2D eigenvalue weighted by atomic mass is 10.0. The molecule has 2 aromatic carbocycles. The van der Waals surface area contributed by atoms with Crippen LogP contribution in [0.5, 0.6) is 5.75 Å². The highest BCUT2D eigenvalue weighted by molar-refractivity contribution is 7.92. The van der Waals surface area contributed by atoms with E-state index in [0.29, 0.717) is 11.4 Å². The molecule has 0 amide bonds. The molecule has 2 N–H and O–H groups in total. The minimum Gasteiger partial charge on any atom is -0.491 e. The minimum atomic E-state index is -3.34. The number of ether oxygens (including phenoxy) is 1. The van der Waals surface area contributed by atoms with Gasteiger partial charge in [-0.05, 0) is 67.4 Å². The fraction of sp³-hybridized carbons (Fsp3) is 0.250. The molecule has 142 valence electrons. The molecule has 0 saturated heterocycles. The van der Waals surface area contributed by atoms with Gasteiger partial charge in [0.2, 0.25) is 10.0 Å². The Labute approximate surface area is 158 Å². The average molecular weight is 386 g/mol. The Morgan fingerprint density at radius 1 is 1.07 bits per heavy atom. The molecule has 7 heteroatoms. The molecule has 0 aliphatic rings. The zero-order valence-corrected chi connectivity index (χ0v) is 16.3. The van der Waals surface area contributed by atoms with Crippen molar-refractivity contribution in [2.24, 2.45) is 0 Å².